The lowest BCUT2D eigenvalue weighted by molar-refractivity contribution is 0.459. The second kappa shape index (κ2) is 9.47. The summed E-state index contributed by atoms with van der Waals surface area (Å²) in [7, 11) is 0.0957. The number of aromatic hydroxyl groups is 1. The number of benzene rings is 1. The van der Waals surface area contributed by atoms with Crippen molar-refractivity contribution in [1.82, 2.24) is 28.1 Å². The summed E-state index contributed by atoms with van der Waals surface area (Å²) in [4.78, 5) is 13.6. The molecule has 176 valence electrons. The molecule has 13 heteroatoms. The Morgan fingerprint density at radius 3 is 2.67 bits per heavy atom. The van der Waals surface area contributed by atoms with E-state index in [0.717, 1.165) is 10.9 Å². The Kier molecular flexibility index (Phi) is 6.82. The zero-order valence-electron chi connectivity index (χ0n) is 18.4. The molecule has 0 saturated carbocycles. The van der Waals surface area contributed by atoms with Crippen molar-refractivity contribution in [3.63, 3.8) is 0 Å². The van der Waals surface area contributed by atoms with Gasteiger partial charge in [-0.25, -0.2) is 15.0 Å². The van der Waals surface area contributed by atoms with Crippen molar-refractivity contribution in [2.45, 2.75) is 5.16 Å². The van der Waals surface area contributed by atoms with Crippen molar-refractivity contribution >= 4 is 39.5 Å². The van der Waals surface area contributed by atoms with E-state index in [1.165, 1.54) is 20.4 Å². The third-order valence-corrected chi connectivity index (χ3v) is 8.42. The fourth-order valence-electron chi connectivity index (χ4n) is 3.59. The molecule has 2 N–H and O–H groups in total. The topological polar surface area (TPSA) is 116 Å². The number of nitrogens with zero attached hydrogens (tertiary/aromatic N) is 6. The minimum absolute atomic E-state index is 0.0241. The lowest BCUT2D eigenvalue weighted by Gasteiger charge is -2.16. The second-order valence-electron chi connectivity index (χ2n) is 7.44. The summed E-state index contributed by atoms with van der Waals surface area (Å²) in [6.45, 7) is 1.63. The van der Waals surface area contributed by atoms with Crippen LogP contribution in [0.3, 0.4) is 0 Å². The van der Waals surface area contributed by atoms with E-state index >= 15 is 0 Å². The Hall–Kier alpha value is -2.38. The maximum absolute atomic E-state index is 12.2. The number of aromatic nitrogens is 4. The van der Waals surface area contributed by atoms with Crippen LogP contribution >= 0.6 is 23.4 Å². The van der Waals surface area contributed by atoms with Gasteiger partial charge in [-0.3, -0.25) is 0 Å². The maximum Gasteiger partial charge on any atom is 0.281 e. The second-order valence-corrected chi connectivity index (χ2v) is 10.7. The molecule has 1 aromatic carbocycles. The van der Waals surface area contributed by atoms with Gasteiger partial charge in [0.2, 0.25) is 5.95 Å². The van der Waals surface area contributed by atoms with Gasteiger partial charge in [0, 0.05) is 52.0 Å². The molecular weight excluding hydrogens is 486 g/mol. The SMILES string of the molecule is CSc1nc(-c2ccc(Cl)c(O)c2)c(-c2ccnc(NCCN3CCN(C)S3(=O)=O)n2)n1C. The average Bonchev–Trinajstić information content (AvgIpc) is 3.26. The van der Waals surface area contributed by atoms with E-state index in [9.17, 15) is 13.5 Å². The highest BCUT2D eigenvalue weighted by atomic mass is 35.5. The molecule has 33 heavy (non-hydrogen) atoms. The largest absolute Gasteiger partial charge is 0.506 e. The van der Waals surface area contributed by atoms with Gasteiger partial charge in [0.25, 0.3) is 10.2 Å². The number of phenolic OH excluding ortho intramolecular Hbond substituents is 1. The van der Waals surface area contributed by atoms with Crippen LogP contribution in [0.2, 0.25) is 5.02 Å². The summed E-state index contributed by atoms with van der Waals surface area (Å²) in [6, 6.07) is 6.78. The van der Waals surface area contributed by atoms with Crippen LogP contribution in [0.25, 0.3) is 22.6 Å². The molecule has 0 amide bonds. The smallest absolute Gasteiger partial charge is 0.281 e. The molecule has 10 nitrogen and oxygen atoms in total. The Morgan fingerprint density at radius 1 is 1.21 bits per heavy atom. The van der Waals surface area contributed by atoms with Crippen LogP contribution in [-0.4, -0.2) is 81.1 Å². The first-order valence-electron chi connectivity index (χ1n) is 10.1. The van der Waals surface area contributed by atoms with E-state index in [1.54, 1.807) is 37.5 Å². The Balaban J connectivity index is 1.60. The number of nitrogens with one attached hydrogen (secondary N) is 1. The summed E-state index contributed by atoms with van der Waals surface area (Å²) < 4.78 is 29.1. The van der Waals surface area contributed by atoms with E-state index in [1.807, 2.05) is 17.9 Å². The van der Waals surface area contributed by atoms with Gasteiger partial charge in [-0.2, -0.15) is 17.0 Å². The van der Waals surface area contributed by atoms with Gasteiger partial charge in [0.1, 0.15) is 5.75 Å². The van der Waals surface area contributed by atoms with E-state index in [-0.39, 0.29) is 10.8 Å². The number of imidazole rings is 1. The van der Waals surface area contributed by atoms with Gasteiger partial charge in [-0.1, -0.05) is 29.4 Å². The minimum Gasteiger partial charge on any atom is -0.506 e. The highest BCUT2D eigenvalue weighted by Gasteiger charge is 2.33. The molecule has 0 aliphatic carbocycles. The number of anilines is 1. The number of likely N-dealkylation sites (N-methyl/N-ethyl adjacent to an activating group) is 1. The van der Waals surface area contributed by atoms with Crippen LogP contribution in [0, 0.1) is 0 Å². The molecule has 4 rings (SSSR count). The quantitative estimate of drug-likeness (QED) is 0.467. The number of halogens is 1. The van der Waals surface area contributed by atoms with Crippen LogP contribution in [0.15, 0.2) is 35.6 Å². The minimum atomic E-state index is -3.38. The zero-order valence-corrected chi connectivity index (χ0v) is 20.7. The molecule has 3 aromatic rings. The van der Waals surface area contributed by atoms with Gasteiger partial charge in [0.15, 0.2) is 5.16 Å². The van der Waals surface area contributed by atoms with Gasteiger partial charge < -0.3 is 15.0 Å². The number of thioether (sulfide) groups is 1. The normalized spacial score (nSPS) is 16.4. The summed E-state index contributed by atoms with van der Waals surface area (Å²) in [5.74, 6) is 0.360. The first-order valence-corrected chi connectivity index (χ1v) is 13.1. The molecule has 0 unspecified atom stereocenters. The van der Waals surface area contributed by atoms with Crippen LogP contribution in [0.5, 0.6) is 5.75 Å². The fourth-order valence-corrected chi connectivity index (χ4v) is 5.60. The van der Waals surface area contributed by atoms with E-state index in [4.69, 9.17) is 16.6 Å². The van der Waals surface area contributed by atoms with Gasteiger partial charge in [-0.05, 0) is 24.5 Å². The van der Waals surface area contributed by atoms with Crippen molar-refractivity contribution in [3.05, 3.63) is 35.5 Å². The van der Waals surface area contributed by atoms with Crippen LogP contribution in [-0.2, 0) is 17.3 Å². The summed E-state index contributed by atoms with van der Waals surface area (Å²) in [5, 5.41) is 14.2. The molecule has 0 spiro atoms. The molecule has 0 atom stereocenters. The number of hydrogen-bond donors (Lipinski definition) is 2. The van der Waals surface area contributed by atoms with E-state index in [2.05, 4.69) is 15.3 Å². The average molecular weight is 510 g/mol. The standard InChI is InChI=1S/C20H24ClN7O3S2/c1-26-10-11-28(33(26,30)31)9-8-23-19-22-7-6-15(24-19)18-17(25-20(32-3)27(18)2)13-4-5-14(21)16(29)12-13/h4-7,12,29H,8-11H2,1-3H3,(H,22,23,24). The van der Waals surface area contributed by atoms with Crippen LogP contribution in [0.4, 0.5) is 5.95 Å². The molecule has 3 heterocycles. The number of rotatable bonds is 7. The number of hydrogen-bond acceptors (Lipinski definition) is 8. The first kappa shape index (κ1) is 23.8. The Morgan fingerprint density at radius 2 is 2.00 bits per heavy atom. The van der Waals surface area contributed by atoms with Gasteiger partial charge >= 0.3 is 0 Å². The molecule has 1 aliphatic rings. The van der Waals surface area contributed by atoms with E-state index in [0.29, 0.717) is 49.1 Å². The third kappa shape index (κ3) is 4.66. The predicted molar refractivity (Wildman–Crippen MR) is 130 cm³/mol. The monoisotopic (exact) mass is 509 g/mol. The molecule has 1 aliphatic heterocycles. The Labute approximate surface area is 201 Å². The van der Waals surface area contributed by atoms with Gasteiger partial charge in [0.05, 0.1) is 22.1 Å². The molecular formula is C20H24ClN7O3S2. The maximum atomic E-state index is 12.2. The number of phenols is 1. The highest BCUT2D eigenvalue weighted by molar-refractivity contribution is 7.98. The first-order chi connectivity index (χ1) is 15.7. The molecule has 1 fully saturated rings. The third-order valence-electron chi connectivity index (χ3n) is 5.38. The predicted octanol–water partition coefficient (Wildman–Crippen LogP) is 2.53. The highest BCUT2D eigenvalue weighted by Crippen LogP contribution is 2.36. The van der Waals surface area contributed by atoms with Crippen molar-refractivity contribution in [2.24, 2.45) is 7.05 Å². The van der Waals surface area contributed by atoms with Crippen molar-refractivity contribution in [1.29, 1.82) is 0 Å². The Bertz CT molecular complexity index is 1280. The molecule has 2 aromatic heterocycles. The van der Waals surface area contributed by atoms with Crippen molar-refractivity contribution in [3.8, 4) is 28.4 Å². The molecule has 0 radical (unpaired) electrons. The summed E-state index contributed by atoms with van der Waals surface area (Å²) >= 11 is 7.48. The van der Waals surface area contributed by atoms with Gasteiger partial charge in [-0.15, -0.1) is 0 Å². The lowest BCUT2D eigenvalue weighted by Crippen LogP contribution is -2.34. The summed E-state index contributed by atoms with van der Waals surface area (Å²) in [5.41, 5.74) is 2.76. The van der Waals surface area contributed by atoms with Crippen molar-refractivity contribution < 1.29 is 13.5 Å². The van der Waals surface area contributed by atoms with Crippen LogP contribution < -0.4 is 5.32 Å². The summed E-state index contributed by atoms with van der Waals surface area (Å²) in [6.07, 6.45) is 3.58. The van der Waals surface area contributed by atoms with Crippen molar-refractivity contribution in [2.75, 3.05) is 44.8 Å². The molecule has 0 bridgehead atoms. The molecule has 1 saturated heterocycles. The zero-order chi connectivity index (χ0) is 23.8. The van der Waals surface area contributed by atoms with Crippen LogP contribution in [0.1, 0.15) is 0 Å². The lowest BCUT2D eigenvalue weighted by atomic mass is 10.1. The fraction of sp³-hybridized carbons (Fsp3) is 0.350. The van der Waals surface area contributed by atoms with E-state index < -0.39 is 10.2 Å².